The Labute approximate surface area is 91.4 Å². The van der Waals surface area contributed by atoms with Gasteiger partial charge in [0.2, 0.25) is 0 Å². The average molecular weight is 227 g/mol. The van der Waals surface area contributed by atoms with E-state index in [1.807, 2.05) is 0 Å². The molecule has 5 heteroatoms. The molecule has 1 unspecified atom stereocenters. The Morgan fingerprint density at radius 2 is 2.25 bits per heavy atom. The summed E-state index contributed by atoms with van der Waals surface area (Å²) in [4.78, 5) is 10.9. The minimum absolute atomic E-state index is 0.187. The predicted octanol–water partition coefficient (Wildman–Crippen LogP) is 1.87. The zero-order chi connectivity index (χ0) is 12.1. The van der Waals surface area contributed by atoms with E-state index in [0.717, 1.165) is 6.07 Å². The van der Waals surface area contributed by atoms with Gasteiger partial charge in [-0.15, -0.1) is 6.58 Å². The van der Waals surface area contributed by atoms with Crippen LogP contribution in [0.1, 0.15) is 11.6 Å². The van der Waals surface area contributed by atoms with Crippen LogP contribution in [-0.2, 0) is 4.79 Å². The van der Waals surface area contributed by atoms with Crippen LogP contribution in [0.3, 0.4) is 0 Å². The van der Waals surface area contributed by atoms with Gasteiger partial charge >= 0.3 is 5.97 Å². The van der Waals surface area contributed by atoms with E-state index in [1.165, 1.54) is 18.2 Å². The number of carboxylic acid groups (broad SMARTS) is 1. The molecule has 16 heavy (non-hydrogen) atoms. The monoisotopic (exact) mass is 227 g/mol. The maximum atomic E-state index is 13.3. The lowest BCUT2D eigenvalue weighted by Gasteiger charge is -2.14. The first kappa shape index (κ1) is 12.3. The molecule has 0 aliphatic heterocycles. The van der Waals surface area contributed by atoms with Crippen LogP contribution in [0.15, 0.2) is 30.9 Å². The maximum Gasteiger partial charge on any atom is 0.325 e. The van der Waals surface area contributed by atoms with Crippen molar-refractivity contribution >= 4 is 5.97 Å². The lowest BCUT2D eigenvalue weighted by atomic mass is 10.1. The van der Waals surface area contributed by atoms with Crippen molar-refractivity contribution in [1.29, 1.82) is 0 Å². The average Bonchev–Trinajstić information content (AvgIpc) is 2.24. The topological polar surface area (TPSA) is 49.3 Å². The van der Waals surface area contributed by atoms with Gasteiger partial charge in [0.05, 0.1) is 0 Å². The first-order chi connectivity index (χ1) is 7.57. The molecule has 1 rings (SSSR count). The fraction of sp³-hybridized carbons (Fsp3) is 0.182. The van der Waals surface area contributed by atoms with E-state index in [9.17, 15) is 13.6 Å². The minimum atomic E-state index is -1.28. The number of carboxylic acids is 1. The van der Waals surface area contributed by atoms with Gasteiger partial charge in [-0.1, -0.05) is 18.2 Å². The Morgan fingerprint density at radius 1 is 1.56 bits per heavy atom. The molecule has 1 aromatic carbocycles. The second-order valence-corrected chi connectivity index (χ2v) is 3.11. The largest absolute Gasteiger partial charge is 0.480 e. The molecular weight excluding hydrogens is 216 g/mol. The highest BCUT2D eigenvalue weighted by Crippen LogP contribution is 2.19. The molecule has 0 spiro atoms. The lowest BCUT2D eigenvalue weighted by Crippen LogP contribution is -2.29. The van der Waals surface area contributed by atoms with Gasteiger partial charge in [-0.3, -0.25) is 10.1 Å². The Balaban J connectivity index is 3.05. The van der Waals surface area contributed by atoms with Gasteiger partial charge in [-0.2, -0.15) is 0 Å². The zero-order valence-electron chi connectivity index (χ0n) is 8.41. The summed E-state index contributed by atoms with van der Waals surface area (Å²) in [6.07, 6.45) is 1.44. The van der Waals surface area contributed by atoms with E-state index in [1.54, 1.807) is 0 Å². The molecule has 0 heterocycles. The molecule has 3 nitrogen and oxygen atoms in total. The van der Waals surface area contributed by atoms with Gasteiger partial charge < -0.3 is 5.11 Å². The third-order valence-electron chi connectivity index (χ3n) is 2.01. The van der Waals surface area contributed by atoms with E-state index in [0.29, 0.717) is 0 Å². The van der Waals surface area contributed by atoms with Crippen molar-refractivity contribution in [3.8, 4) is 0 Å². The molecule has 2 N–H and O–H groups in total. The Bertz CT molecular complexity index is 407. The van der Waals surface area contributed by atoms with Crippen LogP contribution in [0.5, 0.6) is 0 Å². The molecule has 0 amide bonds. The third-order valence-corrected chi connectivity index (χ3v) is 2.01. The van der Waals surface area contributed by atoms with Crippen molar-refractivity contribution in [1.82, 2.24) is 5.32 Å². The van der Waals surface area contributed by atoms with Crippen LogP contribution in [0, 0.1) is 11.6 Å². The molecule has 1 aromatic rings. The van der Waals surface area contributed by atoms with Crippen molar-refractivity contribution in [3.63, 3.8) is 0 Å². The number of rotatable bonds is 5. The highest BCUT2D eigenvalue weighted by Gasteiger charge is 2.23. The molecule has 0 aliphatic rings. The summed E-state index contributed by atoms with van der Waals surface area (Å²) in [6, 6.07) is 2.14. The highest BCUT2D eigenvalue weighted by molar-refractivity contribution is 5.75. The highest BCUT2D eigenvalue weighted by atomic mass is 19.2. The summed E-state index contributed by atoms with van der Waals surface area (Å²) >= 11 is 0. The predicted molar refractivity (Wildman–Crippen MR) is 54.9 cm³/mol. The van der Waals surface area contributed by atoms with E-state index in [4.69, 9.17) is 5.11 Å². The van der Waals surface area contributed by atoms with E-state index >= 15 is 0 Å². The second kappa shape index (κ2) is 5.37. The number of benzene rings is 1. The van der Waals surface area contributed by atoms with Crippen molar-refractivity contribution in [2.45, 2.75) is 6.04 Å². The number of hydrogen-bond acceptors (Lipinski definition) is 2. The maximum absolute atomic E-state index is 13.3. The molecule has 1 atom stereocenters. The van der Waals surface area contributed by atoms with Crippen LogP contribution < -0.4 is 5.32 Å². The summed E-state index contributed by atoms with van der Waals surface area (Å²) in [7, 11) is 0. The first-order valence-electron chi connectivity index (χ1n) is 4.59. The van der Waals surface area contributed by atoms with E-state index < -0.39 is 23.6 Å². The molecule has 0 saturated heterocycles. The molecule has 0 aromatic heterocycles. The van der Waals surface area contributed by atoms with Crippen molar-refractivity contribution in [3.05, 3.63) is 48.1 Å². The second-order valence-electron chi connectivity index (χ2n) is 3.11. The van der Waals surface area contributed by atoms with Gasteiger partial charge in [-0.25, -0.2) is 8.78 Å². The van der Waals surface area contributed by atoms with Crippen LogP contribution >= 0.6 is 0 Å². The number of halogens is 2. The van der Waals surface area contributed by atoms with Gasteiger partial charge in [0.25, 0.3) is 0 Å². The molecule has 0 aliphatic carbocycles. The number of nitrogens with one attached hydrogen (secondary N) is 1. The third kappa shape index (κ3) is 2.64. The SMILES string of the molecule is C=CCNC(C(=O)O)c1cccc(F)c1F. The van der Waals surface area contributed by atoms with Gasteiger partial charge in [-0.05, 0) is 6.07 Å². The zero-order valence-corrected chi connectivity index (χ0v) is 8.41. The fourth-order valence-corrected chi connectivity index (χ4v) is 1.27. The van der Waals surface area contributed by atoms with Crippen LogP contribution in [-0.4, -0.2) is 17.6 Å². The van der Waals surface area contributed by atoms with Crippen LogP contribution in [0.4, 0.5) is 8.78 Å². The fourth-order valence-electron chi connectivity index (χ4n) is 1.27. The lowest BCUT2D eigenvalue weighted by molar-refractivity contribution is -0.139. The Morgan fingerprint density at radius 3 is 2.81 bits per heavy atom. The van der Waals surface area contributed by atoms with E-state index in [-0.39, 0.29) is 12.1 Å². The first-order valence-corrected chi connectivity index (χ1v) is 4.59. The van der Waals surface area contributed by atoms with Gasteiger partial charge in [0.1, 0.15) is 6.04 Å². The number of carbonyl (C=O) groups is 1. The van der Waals surface area contributed by atoms with Crippen LogP contribution in [0.2, 0.25) is 0 Å². The quantitative estimate of drug-likeness (QED) is 0.755. The smallest absolute Gasteiger partial charge is 0.325 e. The standard InChI is InChI=1S/C11H11F2NO2/c1-2-6-14-10(11(15)16)7-4-3-5-8(12)9(7)13/h2-5,10,14H,1,6H2,(H,15,16). The molecule has 0 fully saturated rings. The molecule has 86 valence electrons. The molecular formula is C11H11F2NO2. The summed E-state index contributed by atoms with van der Waals surface area (Å²) in [6.45, 7) is 3.59. The Kier molecular flexibility index (Phi) is 4.13. The summed E-state index contributed by atoms with van der Waals surface area (Å²) in [5, 5.41) is 11.4. The van der Waals surface area contributed by atoms with Gasteiger partial charge in [0.15, 0.2) is 11.6 Å². The minimum Gasteiger partial charge on any atom is -0.480 e. The van der Waals surface area contributed by atoms with Crippen molar-refractivity contribution in [2.24, 2.45) is 0 Å². The Hall–Kier alpha value is -1.75. The normalized spacial score (nSPS) is 12.1. The number of hydrogen-bond donors (Lipinski definition) is 2. The molecule has 0 radical (unpaired) electrons. The number of aliphatic carboxylic acids is 1. The van der Waals surface area contributed by atoms with E-state index in [2.05, 4.69) is 11.9 Å². The van der Waals surface area contributed by atoms with Crippen molar-refractivity contribution < 1.29 is 18.7 Å². The molecule has 0 saturated carbocycles. The molecule has 0 bridgehead atoms. The van der Waals surface area contributed by atoms with Crippen molar-refractivity contribution in [2.75, 3.05) is 6.54 Å². The van der Waals surface area contributed by atoms with Crippen LogP contribution in [0.25, 0.3) is 0 Å². The summed E-state index contributed by atoms with van der Waals surface area (Å²) in [5.41, 5.74) is -0.227. The summed E-state index contributed by atoms with van der Waals surface area (Å²) < 4.78 is 26.2. The summed E-state index contributed by atoms with van der Waals surface area (Å²) in [5.74, 6) is -3.48. The van der Waals surface area contributed by atoms with Gasteiger partial charge in [0, 0.05) is 12.1 Å².